The zero-order valence-corrected chi connectivity index (χ0v) is 14.9. The number of allylic oxidation sites excluding steroid dienone is 3. The highest BCUT2D eigenvalue weighted by atomic mass is 16.8. The second kappa shape index (κ2) is 6.00. The minimum absolute atomic E-state index is 0.0226. The van der Waals surface area contributed by atoms with Gasteiger partial charge in [-0.15, -0.1) is 0 Å². The Balaban J connectivity index is 2.39. The van der Waals surface area contributed by atoms with Crippen LogP contribution in [0.15, 0.2) is 35.5 Å². The molecule has 3 atom stereocenters. The molecule has 128 valence electrons. The van der Waals surface area contributed by atoms with Gasteiger partial charge in [0.1, 0.15) is 11.9 Å². The van der Waals surface area contributed by atoms with E-state index in [1.54, 1.807) is 12.2 Å². The molecule has 0 amide bonds. The van der Waals surface area contributed by atoms with Crippen LogP contribution in [0, 0.1) is 5.41 Å². The van der Waals surface area contributed by atoms with Crippen LogP contribution in [0.3, 0.4) is 0 Å². The number of aliphatic hydroxyl groups is 1. The first-order valence-electron chi connectivity index (χ1n) is 8.14. The molecule has 4 nitrogen and oxygen atoms in total. The van der Waals surface area contributed by atoms with E-state index in [-0.39, 0.29) is 12.2 Å². The molecular weight excluding hydrogens is 292 g/mol. The van der Waals surface area contributed by atoms with Crippen molar-refractivity contribution in [2.45, 2.75) is 71.6 Å². The van der Waals surface area contributed by atoms with Crippen LogP contribution >= 0.6 is 0 Å². The number of hydrogen-bond acceptors (Lipinski definition) is 4. The maximum absolute atomic E-state index is 11.3. The molecule has 0 aromatic heterocycles. The summed E-state index contributed by atoms with van der Waals surface area (Å²) >= 11 is 0. The minimum Gasteiger partial charge on any atom is -0.381 e. The molecule has 4 heteroatoms. The second-order valence-electron chi connectivity index (χ2n) is 7.49. The van der Waals surface area contributed by atoms with E-state index in [2.05, 4.69) is 0 Å². The third kappa shape index (κ3) is 3.21. The lowest BCUT2D eigenvalue weighted by Crippen LogP contribution is -2.53. The van der Waals surface area contributed by atoms with E-state index >= 15 is 0 Å². The third-order valence-corrected chi connectivity index (χ3v) is 5.11. The van der Waals surface area contributed by atoms with Gasteiger partial charge in [-0.2, -0.15) is 0 Å². The van der Waals surface area contributed by atoms with Crippen molar-refractivity contribution in [3.8, 4) is 0 Å². The van der Waals surface area contributed by atoms with E-state index < -0.39 is 16.8 Å². The monoisotopic (exact) mass is 320 g/mol. The summed E-state index contributed by atoms with van der Waals surface area (Å²) in [6, 6.07) is 0. The number of carbonyl (C=O) groups is 1. The van der Waals surface area contributed by atoms with Gasteiger partial charge in [0.25, 0.3) is 0 Å². The predicted molar refractivity (Wildman–Crippen MR) is 89.9 cm³/mol. The summed E-state index contributed by atoms with van der Waals surface area (Å²) in [5.74, 6) is -0.764. The molecule has 1 aliphatic carbocycles. The number of aldehydes is 1. The number of ether oxygens (including phenoxy) is 2. The summed E-state index contributed by atoms with van der Waals surface area (Å²) in [4.78, 5) is 10.6. The summed E-state index contributed by atoms with van der Waals surface area (Å²) in [5, 5.41) is 11.3. The van der Waals surface area contributed by atoms with E-state index in [9.17, 15) is 9.90 Å². The van der Waals surface area contributed by atoms with Crippen LogP contribution in [-0.4, -0.2) is 35.0 Å². The van der Waals surface area contributed by atoms with Gasteiger partial charge >= 0.3 is 0 Å². The Kier molecular flexibility index (Phi) is 4.73. The van der Waals surface area contributed by atoms with Crippen LogP contribution < -0.4 is 0 Å². The van der Waals surface area contributed by atoms with Crippen LogP contribution in [0.5, 0.6) is 0 Å². The minimum atomic E-state index is -1.11. The van der Waals surface area contributed by atoms with Gasteiger partial charge in [-0.25, -0.2) is 0 Å². The van der Waals surface area contributed by atoms with Crippen LogP contribution in [-0.2, 0) is 14.3 Å². The molecule has 0 unspecified atom stereocenters. The van der Waals surface area contributed by atoms with Gasteiger partial charge < -0.3 is 14.6 Å². The average Bonchev–Trinajstić information content (AvgIpc) is 2.68. The fourth-order valence-corrected chi connectivity index (χ4v) is 3.55. The molecule has 1 saturated heterocycles. The standard InChI is InChI=1S/C19H28O4/c1-13(8-10-20)7-9-19(21)14(2)11-18(12-17(19,5)6)22-15(3)16(4)23-18/h7-11,15-16,21H,12H2,1-6H3/b9-7+,13-8-/t15-,16-,19+/m0/s1. The molecule has 0 saturated carbocycles. The van der Waals surface area contributed by atoms with Crippen LogP contribution in [0.25, 0.3) is 0 Å². The maximum atomic E-state index is 11.3. The van der Waals surface area contributed by atoms with Crippen molar-refractivity contribution in [1.82, 2.24) is 0 Å². The van der Waals surface area contributed by atoms with E-state index in [4.69, 9.17) is 9.47 Å². The van der Waals surface area contributed by atoms with E-state index in [1.165, 1.54) is 6.08 Å². The predicted octanol–water partition coefficient (Wildman–Crippen LogP) is 3.32. The molecule has 1 N–H and O–H groups in total. The molecular formula is C19H28O4. The lowest BCUT2D eigenvalue weighted by atomic mass is 9.63. The third-order valence-electron chi connectivity index (χ3n) is 5.11. The highest BCUT2D eigenvalue weighted by Crippen LogP contribution is 2.52. The topological polar surface area (TPSA) is 55.8 Å². The Labute approximate surface area is 138 Å². The molecule has 1 heterocycles. The number of carbonyl (C=O) groups excluding carboxylic acids is 1. The SMILES string of the molecule is CC1=CC2(CC(C)(C)[C@@]1(O)/C=C/C(C)=C\C=O)O[C@@H](C)[C@H](C)O2. The van der Waals surface area contributed by atoms with Gasteiger partial charge in [0.05, 0.1) is 12.2 Å². The Bertz CT molecular complexity index is 560. The molecule has 0 bridgehead atoms. The Morgan fingerprint density at radius 3 is 2.35 bits per heavy atom. The molecule has 1 aliphatic heterocycles. The maximum Gasteiger partial charge on any atom is 0.189 e. The largest absolute Gasteiger partial charge is 0.381 e. The summed E-state index contributed by atoms with van der Waals surface area (Å²) in [6.07, 6.45) is 8.28. The number of rotatable bonds is 3. The van der Waals surface area contributed by atoms with Crippen molar-refractivity contribution in [2.24, 2.45) is 5.41 Å². The van der Waals surface area contributed by atoms with Crippen LogP contribution in [0.1, 0.15) is 48.0 Å². The lowest BCUT2D eigenvalue weighted by Gasteiger charge is -2.49. The van der Waals surface area contributed by atoms with E-state index in [1.807, 2.05) is 47.6 Å². The van der Waals surface area contributed by atoms with Gasteiger partial charge in [0.15, 0.2) is 5.79 Å². The first-order chi connectivity index (χ1) is 10.6. The van der Waals surface area contributed by atoms with Crippen LogP contribution in [0.2, 0.25) is 0 Å². The molecule has 2 aliphatic rings. The fraction of sp³-hybridized carbons (Fsp3) is 0.632. The van der Waals surface area contributed by atoms with E-state index in [0.717, 1.165) is 17.4 Å². The highest BCUT2D eigenvalue weighted by Gasteiger charge is 2.56. The molecule has 2 rings (SSSR count). The first kappa shape index (κ1) is 18.1. The molecule has 0 radical (unpaired) electrons. The Morgan fingerprint density at radius 2 is 1.87 bits per heavy atom. The van der Waals surface area contributed by atoms with Gasteiger partial charge in [0.2, 0.25) is 0 Å². The van der Waals surface area contributed by atoms with Crippen molar-refractivity contribution < 1.29 is 19.4 Å². The first-order valence-corrected chi connectivity index (χ1v) is 8.14. The zero-order chi connectivity index (χ0) is 17.5. The quantitative estimate of drug-likeness (QED) is 0.375. The summed E-state index contributed by atoms with van der Waals surface area (Å²) in [6.45, 7) is 11.8. The van der Waals surface area contributed by atoms with Crippen molar-refractivity contribution in [3.63, 3.8) is 0 Å². The zero-order valence-electron chi connectivity index (χ0n) is 14.9. The van der Waals surface area contributed by atoms with Gasteiger partial charge in [0, 0.05) is 11.8 Å². The fourth-order valence-electron chi connectivity index (χ4n) is 3.55. The van der Waals surface area contributed by atoms with E-state index in [0.29, 0.717) is 6.42 Å². The van der Waals surface area contributed by atoms with Crippen molar-refractivity contribution >= 4 is 6.29 Å². The van der Waals surface area contributed by atoms with Gasteiger partial charge in [-0.05, 0) is 57.1 Å². The normalized spacial score (nSPS) is 36.5. The average molecular weight is 320 g/mol. The van der Waals surface area contributed by atoms with Gasteiger partial charge in [-0.1, -0.05) is 19.9 Å². The Hall–Kier alpha value is -1.23. The highest BCUT2D eigenvalue weighted by molar-refractivity contribution is 5.67. The van der Waals surface area contributed by atoms with Crippen molar-refractivity contribution in [2.75, 3.05) is 0 Å². The molecule has 1 spiro atoms. The van der Waals surface area contributed by atoms with Crippen molar-refractivity contribution in [1.29, 1.82) is 0 Å². The molecule has 1 fully saturated rings. The Morgan fingerprint density at radius 1 is 1.30 bits per heavy atom. The number of hydrogen-bond donors (Lipinski definition) is 1. The lowest BCUT2D eigenvalue weighted by molar-refractivity contribution is -0.183. The van der Waals surface area contributed by atoms with Crippen molar-refractivity contribution in [3.05, 3.63) is 35.5 Å². The second-order valence-corrected chi connectivity index (χ2v) is 7.49. The molecule has 23 heavy (non-hydrogen) atoms. The molecule has 0 aromatic rings. The molecule has 0 aromatic carbocycles. The van der Waals surface area contributed by atoms with Gasteiger partial charge in [-0.3, -0.25) is 4.79 Å². The summed E-state index contributed by atoms with van der Waals surface area (Å²) < 4.78 is 12.1. The van der Waals surface area contributed by atoms with Crippen LogP contribution in [0.4, 0.5) is 0 Å². The summed E-state index contributed by atoms with van der Waals surface area (Å²) in [5.41, 5.74) is 0.00381. The summed E-state index contributed by atoms with van der Waals surface area (Å²) in [7, 11) is 0. The smallest absolute Gasteiger partial charge is 0.189 e.